The molecule has 0 spiro atoms. The fraction of sp³-hybridized carbons (Fsp3) is 0. The van der Waals surface area contributed by atoms with Crippen LogP contribution in [0.5, 0.6) is 0 Å². The van der Waals surface area contributed by atoms with E-state index in [1.165, 1.54) is 63.3 Å². The van der Waals surface area contributed by atoms with Crippen molar-refractivity contribution in [3.63, 3.8) is 0 Å². The van der Waals surface area contributed by atoms with Crippen LogP contribution < -0.4 is 0 Å². The lowest BCUT2D eigenvalue weighted by Crippen LogP contribution is -1.97. The van der Waals surface area contributed by atoms with Crippen molar-refractivity contribution in [3.8, 4) is 78.4 Å². The number of thiophene rings is 1. The standard InChI is InChI=1S/C68H42N2S/c1-5-17-43(18-6-1)49-34-50(44-19-7-2-8-20-44)37-54(36-49)63-42-62(69-68(70-63)55-38-51(45-21-9-3-10-22-45)35-52(39-55)46-23-11-4-12-24-46)48-30-29-47-41-65-61(40-53(47)33-48)67-64(71-65)32-31-60-58-27-14-13-25-56(58)57-26-15-16-28-59(57)66(60)67/h1-42H. The third-order valence-electron chi connectivity index (χ3n) is 14.2. The van der Waals surface area contributed by atoms with Gasteiger partial charge in [-0.2, -0.15) is 0 Å². The van der Waals surface area contributed by atoms with E-state index in [-0.39, 0.29) is 0 Å². The Morgan fingerprint density at radius 1 is 0.225 bits per heavy atom. The second-order valence-corrected chi connectivity index (χ2v) is 19.6. The lowest BCUT2D eigenvalue weighted by molar-refractivity contribution is 1.18. The Bertz CT molecular complexity index is 4080. The Hall–Kier alpha value is -9.02. The molecule has 3 heteroatoms. The molecule has 0 aliphatic carbocycles. The van der Waals surface area contributed by atoms with E-state index in [9.17, 15) is 0 Å². The molecule has 0 saturated heterocycles. The van der Waals surface area contributed by atoms with Crippen molar-refractivity contribution in [3.05, 3.63) is 255 Å². The average molecular weight is 919 g/mol. The minimum atomic E-state index is 0.670. The molecule has 14 rings (SSSR count). The van der Waals surface area contributed by atoms with Gasteiger partial charge < -0.3 is 0 Å². The second kappa shape index (κ2) is 16.9. The summed E-state index contributed by atoms with van der Waals surface area (Å²) < 4.78 is 2.59. The zero-order chi connectivity index (χ0) is 46.8. The normalized spacial score (nSPS) is 11.7. The molecule has 0 radical (unpaired) electrons. The minimum Gasteiger partial charge on any atom is -0.228 e. The van der Waals surface area contributed by atoms with Crippen molar-refractivity contribution in [2.45, 2.75) is 0 Å². The first-order chi connectivity index (χ1) is 35.1. The van der Waals surface area contributed by atoms with E-state index < -0.39 is 0 Å². The van der Waals surface area contributed by atoms with E-state index in [1.807, 2.05) is 11.3 Å². The molecule has 0 N–H and O–H groups in total. The Balaban J connectivity index is 1.01. The summed E-state index contributed by atoms with van der Waals surface area (Å²) >= 11 is 1.88. The molecular weight excluding hydrogens is 877 g/mol. The predicted octanol–water partition coefficient (Wildman–Crippen LogP) is 19.1. The lowest BCUT2D eigenvalue weighted by atomic mass is 9.91. The molecule has 14 aromatic rings. The van der Waals surface area contributed by atoms with Gasteiger partial charge in [-0.05, 0) is 154 Å². The number of hydrogen-bond donors (Lipinski definition) is 0. The molecule has 0 atom stereocenters. The van der Waals surface area contributed by atoms with Gasteiger partial charge in [-0.25, -0.2) is 9.97 Å². The van der Waals surface area contributed by atoms with Crippen LogP contribution >= 0.6 is 11.3 Å². The SMILES string of the molecule is c1ccc(-c2cc(-c3ccccc3)cc(-c3cc(-c4ccc5cc6sc7ccc8c9ccccc9c9ccccc9c8c7c6cc5c4)nc(-c4cc(-c5ccccc5)cc(-c5ccccc5)c4)n3)c2)cc1. The third kappa shape index (κ3) is 7.26. The summed E-state index contributed by atoms with van der Waals surface area (Å²) in [5.74, 6) is 0.670. The first-order valence-electron chi connectivity index (χ1n) is 24.2. The number of nitrogens with zero attached hydrogens (tertiary/aromatic N) is 2. The fourth-order valence-electron chi connectivity index (χ4n) is 10.8. The Morgan fingerprint density at radius 2 is 0.662 bits per heavy atom. The Morgan fingerprint density at radius 3 is 1.20 bits per heavy atom. The van der Waals surface area contributed by atoms with E-state index >= 15 is 0 Å². The fourth-order valence-corrected chi connectivity index (χ4v) is 11.9. The molecule has 0 amide bonds. The van der Waals surface area contributed by atoms with Gasteiger partial charge in [-0.1, -0.05) is 188 Å². The summed E-state index contributed by atoms with van der Waals surface area (Å²) in [6, 6.07) is 92.4. The van der Waals surface area contributed by atoms with Gasteiger partial charge in [0.25, 0.3) is 0 Å². The number of benzene rings is 12. The van der Waals surface area contributed by atoms with Gasteiger partial charge in [-0.3, -0.25) is 0 Å². The maximum atomic E-state index is 5.53. The van der Waals surface area contributed by atoms with Crippen LogP contribution in [0, 0.1) is 0 Å². The summed E-state index contributed by atoms with van der Waals surface area (Å²) in [4.78, 5) is 11.1. The first kappa shape index (κ1) is 41.0. The summed E-state index contributed by atoms with van der Waals surface area (Å²) in [6.07, 6.45) is 0. The highest BCUT2D eigenvalue weighted by Gasteiger charge is 2.19. The molecule has 2 heterocycles. The van der Waals surface area contributed by atoms with Crippen LogP contribution in [-0.4, -0.2) is 9.97 Å². The summed E-state index contributed by atoms with van der Waals surface area (Å²) in [5.41, 5.74) is 13.8. The number of rotatable bonds is 7. The van der Waals surface area contributed by atoms with Crippen molar-refractivity contribution in [2.24, 2.45) is 0 Å². The van der Waals surface area contributed by atoms with E-state index in [1.54, 1.807) is 0 Å². The lowest BCUT2D eigenvalue weighted by Gasteiger charge is -2.15. The first-order valence-corrected chi connectivity index (χ1v) is 25.0. The maximum Gasteiger partial charge on any atom is 0.160 e. The van der Waals surface area contributed by atoms with E-state index in [0.29, 0.717) is 5.82 Å². The van der Waals surface area contributed by atoms with Crippen LogP contribution in [0.4, 0.5) is 0 Å². The molecule has 0 bridgehead atoms. The van der Waals surface area contributed by atoms with Gasteiger partial charge in [0, 0.05) is 36.9 Å². The highest BCUT2D eigenvalue weighted by Crippen LogP contribution is 2.46. The maximum absolute atomic E-state index is 5.53. The van der Waals surface area contributed by atoms with Gasteiger partial charge in [0.05, 0.1) is 11.4 Å². The average Bonchev–Trinajstić information content (AvgIpc) is 3.82. The number of aromatic nitrogens is 2. The molecule has 2 nitrogen and oxygen atoms in total. The Kier molecular flexibility index (Phi) is 9.75. The van der Waals surface area contributed by atoms with Crippen molar-refractivity contribution in [1.82, 2.24) is 9.97 Å². The summed E-state index contributed by atoms with van der Waals surface area (Å²) in [5, 5.41) is 12.8. The van der Waals surface area contributed by atoms with Crippen molar-refractivity contribution in [1.29, 1.82) is 0 Å². The Labute approximate surface area is 415 Å². The van der Waals surface area contributed by atoms with Crippen LogP contribution in [0.15, 0.2) is 255 Å². The number of fused-ring (bicyclic) bond motifs is 11. The molecule has 0 aliphatic rings. The highest BCUT2D eigenvalue weighted by molar-refractivity contribution is 7.26. The van der Waals surface area contributed by atoms with Gasteiger partial charge in [0.15, 0.2) is 5.82 Å². The van der Waals surface area contributed by atoms with E-state index in [4.69, 9.17) is 9.97 Å². The van der Waals surface area contributed by atoms with Crippen LogP contribution in [0.25, 0.3) is 142 Å². The number of hydrogen-bond acceptors (Lipinski definition) is 3. The van der Waals surface area contributed by atoms with E-state index in [2.05, 4.69) is 255 Å². The third-order valence-corrected chi connectivity index (χ3v) is 15.3. The zero-order valence-electron chi connectivity index (χ0n) is 38.6. The smallest absolute Gasteiger partial charge is 0.160 e. The molecular formula is C68H42N2S. The second-order valence-electron chi connectivity index (χ2n) is 18.5. The van der Waals surface area contributed by atoms with Crippen LogP contribution in [0.2, 0.25) is 0 Å². The van der Waals surface area contributed by atoms with Gasteiger partial charge in [0.1, 0.15) is 0 Å². The van der Waals surface area contributed by atoms with Crippen molar-refractivity contribution >= 4 is 74.6 Å². The molecule has 0 fully saturated rings. The molecule has 12 aromatic carbocycles. The minimum absolute atomic E-state index is 0.670. The highest BCUT2D eigenvalue weighted by atomic mass is 32.1. The summed E-state index contributed by atoms with van der Waals surface area (Å²) in [7, 11) is 0. The predicted molar refractivity (Wildman–Crippen MR) is 303 cm³/mol. The van der Waals surface area contributed by atoms with Crippen LogP contribution in [0.3, 0.4) is 0 Å². The largest absolute Gasteiger partial charge is 0.228 e. The molecule has 2 aromatic heterocycles. The molecule has 0 aliphatic heterocycles. The van der Waals surface area contributed by atoms with Gasteiger partial charge in [-0.15, -0.1) is 11.3 Å². The van der Waals surface area contributed by atoms with Gasteiger partial charge >= 0.3 is 0 Å². The molecule has 0 unspecified atom stereocenters. The van der Waals surface area contributed by atoms with Crippen LogP contribution in [0.1, 0.15) is 0 Å². The van der Waals surface area contributed by atoms with Crippen LogP contribution in [-0.2, 0) is 0 Å². The quantitative estimate of drug-likeness (QED) is 0.149. The molecule has 71 heavy (non-hydrogen) atoms. The van der Waals surface area contributed by atoms with E-state index in [0.717, 1.165) is 72.6 Å². The molecule has 0 saturated carbocycles. The monoisotopic (exact) mass is 918 g/mol. The van der Waals surface area contributed by atoms with Gasteiger partial charge in [0.2, 0.25) is 0 Å². The van der Waals surface area contributed by atoms with Crippen molar-refractivity contribution in [2.75, 3.05) is 0 Å². The molecule has 330 valence electrons. The van der Waals surface area contributed by atoms with Crippen molar-refractivity contribution < 1.29 is 0 Å². The zero-order valence-corrected chi connectivity index (χ0v) is 39.4. The topological polar surface area (TPSA) is 25.8 Å². The summed E-state index contributed by atoms with van der Waals surface area (Å²) in [6.45, 7) is 0.